The molecule has 0 aromatic heterocycles. The van der Waals surface area contributed by atoms with E-state index in [1.807, 2.05) is 19.1 Å². The predicted octanol–water partition coefficient (Wildman–Crippen LogP) is 5.23. The second-order valence-corrected chi connectivity index (χ2v) is 5.30. The number of hydrogen-bond donors (Lipinski definition) is 1. The molecular weight excluding hydrogens is 281 g/mol. The van der Waals surface area contributed by atoms with Crippen LogP contribution >= 0.6 is 23.2 Å². The lowest BCUT2D eigenvalue weighted by molar-refractivity contribution is 0.340. The van der Waals surface area contributed by atoms with E-state index in [4.69, 9.17) is 27.9 Å². The Morgan fingerprint density at radius 3 is 2.47 bits per heavy atom. The van der Waals surface area contributed by atoms with Crippen molar-refractivity contribution in [2.24, 2.45) is 0 Å². The van der Waals surface area contributed by atoms with Crippen LogP contribution in [-0.4, -0.2) is 13.2 Å². The second-order valence-electron chi connectivity index (χ2n) is 4.49. The Bertz CT molecular complexity index is 396. The van der Waals surface area contributed by atoms with Crippen molar-refractivity contribution in [2.45, 2.75) is 46.1 Å². The van der Waals surface area contributed by atoms with Crippen molar-refractivity contribution in [1.82, 2.24) is 5.32 Å². The van der Waals surface area contributed by atoms with Gasteiger partial charge < -0.3 is 10.1 Å². The molecule has 1 aromatic carbocycles. The van der Waals surface area contributed by atoms with Crippen LogP contribution < -0.4 is 10.1 Å². The van der Waals surface area contributed by atoms with E-state index in [-0.39, 0.29) is 6.04 Å². The Balaban J connectivity index is 2.98. The Morgan fingerprint density at radius 1 is 1.16 bits per heavy atom. The second kappa shape index (κ2) is 8.68. The van der Waals surface area contributed by atoms with Crippen LogP contribution in [0.2, 0.25) is 10.0 Å². The maximum atomic E-state index is 6.37. The molecule has 0 saturated carbocycles. The van der Waals surface area contributed by atoms with Gasteiger partial charge in [-0.2, -0.15) is 0 Å². The Kier molecular flexibility index (Phi) is 7.59. The van der Waals surface area contributed by atoms with Crippen molar-refractivity contribution < 1.29 is 4.74 Å². The van der Waals surface area contributed by atoms with Gasteiger partial charge in [0.05, 0.1) is 11.6 Å². The fourth-order valence-corrected chi connectivity index (χ4v) is 2.61. The van der Waals surface area contributed by atoms with Crippen LogP contribution in [0.1, 0.15) is 51.6 Å². The monoisotopic (exact) mass is 303 g/mol. The summed E-state index contributed by atoms with van der Waals surface area (Å²) in [5, 5.41) is 4.81. The number of benzene rings is 1. The van der Waals surface area contributed by atoms with Crippen LogP contribution in [0.4, 0.5) is 0 Å². The standard InChI is InChI=1S/C15H23Cl2NO/c1-4-7-8-14(18-5-2)11-9-13(17)15(19-6-3)10-12(11)16/h9-10,14,18H,4-8H2,1-3H3. The molecule has 1 unspecified atom stereocenters. The number of halogens is 2. The van der Waals surface area contributed by atoms with Crippen LogP contribution in [-0.2, 0) is 0 Å². The zero-order chi connectivity index (χ0) is 14.3. The molecule has 0 amide bonds. The van der Waals surface area contributed by atoms with Gasteiger partial charge in [-0.05, 0) is 31.5 Å². The minimum atomic E-state index is 0.255. The highest BCUT2D eigenvalue weighted by Crippen LogP contribution is 2.35. The topological polar surface area (TPSA) is 21.3 Å². The quantitative estimate of drug-likeness (QED) is 0.709. The van der Waals surface area contributed by atoms with Gasteiger partial charge in [0, 0.05) is 17.1 Å². The molecule has 1 N–H and O–H groups in total. The van der Waals surface area contributed by atoms with E-state index in [2.05, 4.69) is 19.2 Å². The lowest BCUT2D eigenvalue weighted by atomic mass is 10.0. The van der Waals surface area contributed by atoms with E-state index in [9.17, 15) is 0 Å². The lowest BCUT2D eigenvalue weighted by Gasteiger charge is -2.20. The van der Waals surface area contributed by atoms with Crippen LogP contribution in [0.15, 0.2) is 12.1 Å². The lowest BCUT2D eigenvalue weighted by Crippen LogP contribution is -2.21. The van der Waals surface area contributed by atoms with Gasteiger partial charge >= 0.3 is 0 Å². The van der Waals surface area contributed by atoms with Crippen LogP contribution in [0, 0.1) is 0 Å². The summed E-state index contributed by atoms with van der Waals surface area (Å²) in [4.78, 5) is 0. The van der Waals surface area contributed by atoms with Gasteiger partial charge in [0.1, 0.15) is 5.75 Å². The Morgan fingerprint density at radius 2 is 1.89 bits per heavy atom. The van der Waals surface area contributed by atoms with Gasteiger partial charge in [0.2, 0.25) is 0 Å². The van der Waals surface area contributed by atoms with Gasteiger partial charge in [-0.1, -0.05) is 49.9 Å². The average Bonchev–Trinajstić information content (AvgIpc) is 2.39. The number of hydrogen-bond acceptors (Lipinski definition) is 2. The number of nitrogens with one attached hydrogen (secondary N) is 1. The van der Waals surface area contributed by atoms with Gasteiger partial charge in [-0.3, -0.25) is 0 Å². The van der Waals surface area contributed by atoms with E-state index in [0.717, 1.165) is 23.6 Å². The van der Waals surface area contributed by atoms with E-state index in [0.29, 0.717) is 17.4 Å². The molecule has 0 saturated heterocycles. The predicted molar refractivity (Wildman–Crippen MR) is 83.6 cm³/mol. The van der Waals surface area contributed by atoms with Gasteiger partial charge in [0.15, 0.2) is 0 Å². The van der Waals surface area contributed by atoms with Gasteiger partial charge in [-0.25, -0.2) is 0 Å². The SMILES string of the molecule is CCCCC(NCC)c1cc(Cl)c(OCC)cc1Cl. The smallest absolute Gasteiger partial charge is 0.139 e. The molecule has 2 nitrogen and oxygen atoms in total. The maximum absolute atomic E-state index is 6.37. The summed E-state index contributed by atoms with van der Waals surface area (Å²) in [5.41, 5.74) is 1.06. The van der Waals surface area contributed by atoms with Crippen molar-refractivity contribution in [3.63, 3.8) is 0 Å². The molecule has 0 aliphatic rings. The molecule has 0 aliphatic carbocycles. The van der Waals surface area contributed by atoms with E-state index < -0.39 is 0 Å². The first-order chi connectivity index (χ1) is 9.13. The number of ether oxygens (including phenoxy) is 1. The van der Waals surface area contributed by atoms with Crippen molar-refractivity contribution in [1.29, 1.82) is 0 Å². The fraction of sp³-hybridized carbons (Fsp3) is 0.600. The van der Waals surface area contributed by atoms with Crippen molar-refractivity contribution >= 4 is 23.2 Å². The third-order valence-electron chi connectivity index (χ3n) is 3.02. The molecule has 0 radical (unpaired) electrons. The third kappa shape index (κ3) is 4.87. The summed E-state index contributed by atoms with van der Waals surface area (Å²) in [6.07, 6.45) is 3.40. The molecule has 0 heterocycles. The molecule has 1 rings (SSSR count). The highest BCUT2D eigenvalue weighted by molar-refractivity contribution is 6.34. The van der Waals surface area contributed by atoms with E-state index >= 15 is 0 Å². The van der Waals surface area contributed by atoms with Crippen LogP contribution in [0.5, 0.6) is 5.75 Å². The minimum absolute atomic E-state index is 0.255. The summed E-state index contributed by atoms with van der Waals surface area (Å²) >= 11 is 12.6. The van der Waals surface area contributed by atoms with Crippen LogP contribution in [0.3, 0.4) is 0 Å². The Labute approximate surface area is 126 Å². The van der Waals surface area contributed by atoms with Crippen molar-refractivity contribution in [2.75, 3.05) is 13.2 Å². The minimum Gasteiger partial charge on any atom is -0.492 e. The zero-order valence-electron chi connectivity index (χ0n) is 11.9. The molecule has 0 bridgehead atoms. The summed E-state index contributed by atoms with van der Waals surface area (Å²) in [7, 11) is 0. The van der Waals surface area contributed by atoms with Gasteiger partial charge in [-0.15, -0.1) is 0 Å². The maximum Gasteiger partial charge on any atom is 0.139 e. The number of unbranched alkanes of at least 4 members (excludes halogenated alkanes) is 1. The summed E-state index contributed by atoms with van der Waals surface area (Å²) in [6.45, 7) is 7.72. The highest BCUT2D eigenvalue weighted by Gasteiger charge is 2.16. The highest BCUT2D eigenvalue weighted by atomic mass is 35.5. The average molecular weight is 304 g/mol. The first-order valence-corrected chi connectivity index (χ1v) is 7.74. The zero-order valence-corrected chi connectivity index (χ0v) is 13.4. The molecular formula is C15H23Cl2NO. The molecule has 108 valence electrons. The fourth-order valence-electron chi connectivity index (χ4n) is 2.10. The molecule has 4 heteroatoms. The molecule has 19 heavy (non-hydrogen) atoms. The molecule has 1 aromatic rings. The molecule has 0 aliphatic heterocycles. The van der Waals surface area contributed by atoms with Crippen molar-refractivity contribution in [3.05, 3.63) is 27.7 Å². The molecule has 0 spiro atoms. The third-order valence-corrected chi connectivity index (χ3v) is 3.65. The van der Waals surface area contributed by atoms with Crippen molar-refractivity contribution in [3.8, 4) is 5.75 Å². The first kappa shape index (κ1) is 16.6. The summed E-state index contributed by atoms with van der Waals surface area (Å²) in [5.74, 6) is 0.656. The largest absolute Gasteiger partial charge is 0.492 e. The van der Waals surface area contributed by atoms with Crippen LogP contribution in [0.25, 0.3) is 0 Å². The number of rotatable bonds is 8. The first-order valence-electron chi connectivity index (χ1n) is 6.99. The Hall–Kier alpha value is -0.440. The molecule has 0 fully saturated rings. The van der Waals surface area contributed by atoms with E-state index in [1.165, 1.54) is 12.8 Å². The normalized spacial score (nSPS) is 12.5. The van der Waals surface area contributed by atoms with Gasteiger partial charge in [0.25, 0.3) is 0 Å². The van der Waals surface area contributed by atoms with E-state index in [1.54, 1.807) is 0 Å². The summed E-state index contributed by atoms with van der Waals surface area (Å²) in [6, 6.07) is 4.00. The summed E-state index contributed by atoms with van der Waals surface area (Å²) < 4.78 is 5.46. The molecule has 1 atom stereocenters.